The molecule has 25 heavy (non-hydrogen) atoms. The van der Waals surface area contributed by atoms with Gasteiger partial charge in [0, 0.05) is 12.1 Å². The monoisotopic (exact) mass is 355 g/mol. The van der Waals surface area contributed by atoms with Crippen LogP contribution in [-0.2, 0) is 4.79 Å². The van der Waals surface area contributed by atoms with Gasteiger partial charge in [-0.05, 0) is 36.0 Å². The molecule has 1 saturated heterocycles. The van der Waals surface area contributed by atoms with Crippen molar-refractivity contribution in [3.8, 4) is 5.75 Å². The fraction of sp³-hybridized carbons (Fsp3) is 0.0588. The van der Waals surface area contributed by atoms with Crippen molar-refractivity contribution in [2.45, 2.75) is 0 Å². The molecule has 0 aliphatic carbocycles. The molecule has 2 aromatic rings. The standard InChI is InChI=1S/C17H13N3O4S/c1-24-15-8-3-2-7-14(15)19-16(21)13(18-17(19)25)10-11-5-4-6-12(9-11)20(22)23/h2-10H,1H3,(H,18,25)/b13-10+. The highest BCUT2D eigenvalue weighted by Gasteiger charge is 2.33. The normalized spacial score (nSPS) is 15.4. The number of carbonyl (C=O) groups excluding carboxylic acids is 1. The van der Waals surface area contributed by atoms with Crippen LogP contribution < -0.4 is 15.0 Å². The molecule has 1 amide bonds. The number of nitro groups is 1. The molecular formula is C17H13N3O4S. The van der Waals surface area contributed by atoms with E-state index < -0.39 is 4.92 Å². The second-order valence-electron chi connectivity index (χ2n) is 5.15. The van der Waals surface area contributed by atoms with Gasteiger partial charge in [-0.3, -0.25) is 14.9 Å². The van der Waals surface area contributed by atoms with E-state index in [9.17, 15) is 14.9 Å². The lowest BCUT2D eigenvalue weighted by molar-refractivity contribution is -0.384. The van der Waals surface area contributed by atoms with Crippen molar-refractivity contribution in [1.82, 2.24) is 5.32 Å². The summed E-state index contributed by atoms with van der Waals surface area (Å²) in [5.41, 5.74) is 1.23. The van der Waals surface area contributed by atoms with Crippen molar-refractivity contribution in [3.05, 3.63) is 69.9 Å². The molecule has 2 aromatic carbocycles. The van der Waals surface area contributed by atoms with Crippen LogP contribution in [0.5, 0.6) is 5.75 Å². The SMILES string of the molecule is COc1ccccc1N1C(=O)/C(=C\c2cccc([N+](=O)[O-])c2)NC1=S. The van der Waals surface area contributed by atoms with Gasteiger partial charge in [0.05, 0.1) is 17.7 Å². The summed E-state index contributed by atoms with van der Waals surface area (Å²) in [5, 5.41) is 13.9. The molecule has 0 spiro atoms. The lowest BCUT2D eigenvalue weighted by Crippen LogP contribution is -2.30. The number of thiocarbonyl (C=S) groups is 1. The van der Waals surface area contributed by atoms with Gasteiger partial charge in [-0.1, -0.05) is 24.3 Å². The first-order valence-corrected chi connectivity index (χ1v) is 7.66. The van der Waals surface area contributed by atoms with Gasteiger partial charge < -0.3 is 10.1 Å². The van der Waals surface area contributed by atoms with E-state index in [4.69, 9.17) is 17.0 Å². The van der Waals surface area contributed by atoms with Gasteiger partial charge in [0.2, 0.25) is 0 Å². The second-order valence-corrected chi connectivity index (χ2v) is 5.54. The van der Waals surface area contributed by atoms with E-state index in [-0.39, 0.29) is 22.4 Å². The topological polar surface area (TPSA) is 84.7 Å². The number of amides is 1. The van der Waals surface area contributed by atoms with Gasteiger partial charge in [0.15, 0.2) is 5.11 Å². The number of benzene rings is 2. The van der Waals surface area contributed by atoms with E-state index in [0.717, 1.165) is 0 Å². The number of non-ortho nitro benzene ring substituents is 1. The third kappa shape index (κ3) is 3.20. The van der Waals surface area contributed by atoms with Crippen LogP contribution in [0.2, 0.25) is 0 Å². The zero-order valence-electron chi connectivity index (χ0n) is 13.1. The predicted molar refractivity (Wildman–Crippen MR) is 97.3 cm³/mol. The average molecular weight is 355 g/mol. The summed E-state index contributed by atoms with van der Waals surface area (Å²) >= 11 is 5.26. The number of para-hydroxylation sites is 2. The zero-order chi connectivity index (χ0) is 18.0. The lowest BCUT2D eigenvalue weighted by Gasteiger charge is -2.17. The van der Waals surface area contributed by atoms with Crippen molar-refractivity contribution in [2.75, 3.05) is 12.0 Å². The minimum absolute atomic E-state index is 0.0519. The van der Waals surface area contributed by atoms with Crippen LogP contribution in [0.25, 0.3) is 6.08 Å². The van der Waals surface area contributed by atoms with Crippen LogP contribution >= 0.6 is 12.2 Å². The zero-order valence-corrected chi connectivity index (χ0v) is 13.9. The van der Waals surface area contributed by atoms with Gasteiger partial charge in [0.25, 0.3) is 11.6 Å². The van der Waals surface area contributed by atoms with Crippen molar-refractivity contribution in [1.29, 1.82) is 0 Å². The number of nitro benzene ring substituents is 1. The number of nitrogens with zero attached hydrogens (tertiary/aromatic N) is 2. The largest absolute Gasteiger partial charge is 0.495 e. The summed E-state index contributed by atoms with van der Waals surface area (Å²) in [7, 11) is 1.51. The Morgan fingerprint density at radius 2 is 2.00 bits per heavy atom. The predicted octanol–water partition coefficient (Wildman–Crippen LogP) is 2.87. The second kappa shape index (κ2) is 6.70. The minimum atomic E-state index is -0.488. The summed E-state index contributed by atoms with van der Waals surface area (Å²) < 4.78 is 5.27. The molecule has 0 unspecified atom stereocenters. The molecule has 7 nitrogen and oxygen atoms in total. The number of rotatable bonds is 4. The van der Waals surface area contributed by atoms with E-state index >= 15 is 0 Å². The smallest absolute Gasteiger partial charge is 0.281 e. The average Bonchev–Trinajstić information content (AvgIpc) is 2.88. The maximum absolute atomic E-state index is 12.7. The van der Waals surface area contributed by atoms with Crippen LogP contribution in [0.1, 0.15) is 5.56 Å². The molecule has 1 N–H and O–H groups in total. The highest BCUT2D eigenvalue weighted by molar-refractivity contribution is 7.80. The molecule has 0 saturated carbocycles. The Bertz CT molecular complexity index is 910. The van der Waals surface area contributed by atoms with E-state index in [0.29, 0.717) is 17.0 Å². The fourth-order valence-corrected chi connectivity index (χ4v) is 2.75. The van der Waals surface area contributed by atoms with Crippen LogP contribution in [-0.4, -0.2) is 23.1 Å². The van der Waals surface area contributed by atoms with Gasteiger partial charge in [-0.25, -0.2) is 4.90 Å². The van der Waals surface area contributed by atoms with Crippen molar-refractivity contribution < 1.29 is 14.5 Å². The quantitative estimate of drug-likeness (QED) is 0.393. The molecular weight excluding hydrogens is 342 g/mol. The molecule has 0 atom stereocenters. The summed E-state index contributed by atoms with van der Waals surface area (Å²) in [6.45, 7) is 0. The molecule has 8 heteroatoms. The number of methoxy groups -OCH3 is 1. The maximum Gasteiger partial charge on any atom is 0.281 e. The summed E-state index contributed by atoms with van der Waals surface area (Å²) in [6.07, 6.45) is 1.52. The van der Waals surface area contributed by atoms with Crippen molar-refractivity contribution >= 4 is 40.7 Å². The van der Waals surface area contributed by atoms with E-state index in [1.165, 1.54) is 30.2 Å². The first kappa shape index (κ1) is 16.6. The van der Waals surface area contributed by atoms with Gasteiger partial charge in [-0.2, -0.15) is 0 Å². The third-order valence-electron chi connectivity index (χ3n) is 3.60. The maximum atomic E-state index is 12.7. The Kier molecular flexibility index (Phi) is 4.44. The Morgan fingerprint density at radius 3 is 2.72 bits per heavy atom. The molecule has 0 aromatic heterocycles. The minimum Gasteiger partial charge on any atom is -0.495 e. The molecule has 0 bridgehead atoms. The van der Waals surface area contributed by atoms with E-state index in [2.05, 4.69) is 5.32 Å². The molecule has 1 fully saturated rings. The first-order valence-electron chi connectivity index (χ1n) is 7.26. The molecule has 1 aliphatic rings. The van der Waals surface area contributed by atoms with Crippen molar-refractivity contribution in [3.63, 3.8) is 0 Å². The van der Waals surface area contributed by atoms with E-state index in [1.54, 1.807) is 36.4 Å². The Labute approximate surface area is 148 Å². The van der Waals surface area contributed by atoms with Crippen LogP contribution in [0.15, 0.2) is 54.2 Å². The van der Waals surface area contributed by atoms with Crippen LogP contribution in [0.4, 0.5) is 11.4 Å². The number of hydrogen-bond donors (Lipinski definition) is 1. The number of anilines is 1. The molecule has 0 radical (unpaired) electrons. The Hall–Kier alpha value is -3.26. The number of nitrogens with one attached hydrogen (secondary N) is 1. The van der Waals surface area contributed by atoms with Crippen molar-refractivity contribution in [2.24, 2.45) is 0 Å². The molecule has 3 rings (SSSR count). The van der Waals surface area contributed by atoms with Gasteiger partial charge in [0.1, 0.15) is 11.4 Å². The Balaban J connectivity index is 1.96. The van der Waals surface area contributed by atoms with Crippen LogP contribution in [0.3, 0.4) is 0 Å². The van der Waals surface area contributed by atoms with Gasteiger partial charge >= 0.3 is 0 Å². The first-order chi connectivity index (χ1) is 12.0. The number of carbonyl (C=O) groups is 1. The van der Waals surface area contributed by atoms with Crippen LogP contribution in [0, 0.1) is 10.1 Å². The van der Waals surface area contributed by atoms with Gasteiger partial charge in [-0.15, -0.1) is 0 Å². The highest BCUT2D eigenvalue weighted by Crippen LogP contribution is 2.31. The summed E-state index contributed by atoms with van der Waals surface area (Å²) in [5.74, 6) is 0.151. The highest BCUT2D eigenvalue weighted by atomic mass is 32.1. The summed E-state index contributed by atoms with van der Waals surface area (Å²) in [6, 6.07) is 13.0. The number of hydrogen-bond acceptors (Lipinski definition) is 5. The third-order valence-corrected chi connectivity index (χ3v) is 3.88. The van der Waals surface area contributed by atoms with E-state index in [1.807, 2.05) is 0 Å². The summed E-state index contributed by atoms with van der Waals surface area (Å²) in [4.78, 5) is 24.4. The Morgan fingerprint density at radius 1 is 1.24 bits per heavy atom. The fourth-order valence-electron chi connectivity index (χ4n) is 2.46. The molecule has 1 heterocycles. The number of ether oxygens (including phenoxy) is 1. The lowest BCUT2D eigenvalue weighted by atomic mass is 10.1. The molecule has 126 valence electrons. The molecule has 1 aliphatic heterocycles.